The van der Waals surface area contributed by atoms with Crippen molar-refractivity contribution < 1.29 is 9.26 Å². The van der Waals surface area contributed by atoms with E-state index in [2.05, 4.69) is 27.3 Å². The second-order valence-electron chi connectivity index (χ2n) is 6.65. The van der Waals surface area contributed by atoms with Crippen molar-refractivity contribution in [2.45, 2.75) is 39.2 Å². The van der Waals surface area contributed by atoms with E-state index in [1.54, 1.807) is 0 Å². The molecule has 1 aromatic carbocycles. The Morgan fingerprint density at radius 2 is 2.00 bits per heavy atom. The Morgan fingerprint density at radius 1 is 1.28 bits per heavy atom. The number of aliphatic imine (C=N–C) groups is 1. The molecule has 0 saturated carbocycles. The van der Waals surface area contributed by atoms with Crippen LogP contribution in [0.1, 0.15) is 32.6 Å². The molecule has 0 unspecified atom stereocenters. The lowest BCUT2D eigenvalue weighted by Crippen LogP contribution is -2.47. The van der Waals surface area contributed by atoms with E-state index in [1.165, 1.54) is 0 Å². The zero-order valence-corrected chi connectivity index (χ0v) is 20.0. The van der Waals surface area contributed by atoms with Crippen LogP contribution < -0.4 is 5.32 Å². The van der Waals surface area contributed by atoms with Gasteiger partial charge in [-0.3, -0.25) is 4.99 Å². The summed E-state index contributed by atoms with van der Waals surface area (Å²) in [5.41, 5.74) is 0.883. The molecule has 29 heavy (non-hydrogen) atoms. The highest BCUT2D eigenvalue weighted by Crippen LogP contribution is 2.19. The molecule has 0 radical (unpaired) electrons. The minimum absolute atomic E-state index is 0. The van der Waals surface area contributed by atoms with E-state index >= 15 is 0 Å². The Morgan fingerprint density at radius 3 is 2.66 bits per heavy atom. The maximum absolute atomic E-state index is 5.92. The number of hydrogen-bond acceptors (Lipinski definition) is 5. The van der Waals surface area contributed by atoms with Gasteiger partial charge in [0.1, 0.15) is 0 Å². The van der Waals surface area contributed by atoms with E-state index < -0.39 is 0 Å². The van der Waals surface area contributed by atoms with Crippen LogP contribution in [0.15, 0.2) is 33.8 Å². The van der Waals surface area contributed by atoms with Crippen LogP contribution in [0.2, 0.25) is 5.02 Å². The highest BCUT2D eigenvalue weighted by Gasteiger charge is 2.21. The zero-order chi connectivity index (χ0) is 19.8. The number of benzene rings is 1. The summed E-state index contributed by atoms with van der Waals surface area (Å²) in [7, 11) is 0. The molecule has 1 aromatic heterocycles. The van der Waals surface area contributed by atoms with Gasteiger partial charge in [-0.1, -0.05) is 16.8 Å². The van der Waals surface area contributed by atoms with Gasteiger partial charge in [0.2, 0.25) is 11.7 Å². The summed E-state index contributed by atoms with van der Waals surface area (Å²) in [6.07, 6.45) is 3.04. The normalized spacial score (nSPS) is 15.3. The Hall–Kier alpha value is -1.39. The third kappa shape index (κ3) is 7.11. The average molecular weight is 534 g/mol. The summed E-state index contributed by atoms with van der Waals surface area (Å²) in [6, 6.07) is 7.39. The van der Waals surface area contributed by atoms with Crippen LogP contribution in [0.25, 0.3) is 11.4 Å². The number of guanidine groups is 1. The summed E-state index contributed by atoms with van der Waals surface area (Å²) in [6.45, 7) is 8.25. The molecule has 160 valence electrons. The van der Waals surface area contributed by atoms with Gasteiger partial charge >= 0.3 is 0 Å². The topological polar surface area (TPSA) is 75.8 Å². The van der Waals surface area contributed by atoms with Crippen molar-refractivity contribution in [3.05, 3.63) is 35.2 Å². The van der Waals surface area contributed by atoms with Gasteiger partial charge in [-0.15, -0.1) is 24.0 Å². The zero-order valence-electron chi connectivity index (χ0n) is 16.9. The quantitative estimate of drug-likeness (QED) is 0.329. The highest BCUT2D eigenvalue weighted by atomic mass is 127. The first kappa shape index (κ1) is 23.9. The molecular formula is C20H29ClIN5O2. The number of nitrogens with zero attached hydrogens (tertiary/aromatic N) is 4. The van der Waals surface area contributed by atoms with E-state index in [9.17, 15) is 0 Å². The molecule has 0 spiro atoms. The third-order valence-corrected chi connectivity index (χ3v) is 4.89. The van der Waals surface area contributed by atoms with Gasteiger partial charge in [-0.05, 0) is 51.0 Å². The molecule has 1 fully saturated rings. The molecule has 2 heterocycles. The summed E-state index contributed by atoms with van der Waals surface area (Å²) in [5.74, 6) is 2.09. The van der Waals surface area contributed by atoms with Crippen molar-refractivity contribution in [3.8, 4) is 11.4 Å². The number of nitrogens with one attached hydrogen (secondary N) is 1. The maximum atomic E-state index is 5.92. The van der Waals surface area contributed by atoms with Gasteiger partial charge in [-0.2, -0.15) is 4.98 Å². The SMILES string of the molecule is CCNC(=NCCc1nc(-c2ccc(Cl)cc2)no1)N1CCC(OCC)CC1.I. The molecule has 0 bridgehead atoms. The van der Waals surface area contributed by atoms with Crippen LogP contribution in [-0.4, -0.2) is 59.9 Å². The number of halogens is 2. The molecule has 0 atom stereocenters. The molecule has 7 nitrogen and oxygen atoms in total. The molecule has 1 saturated heterocycles. The van der Waals surface area contributed by atoms with E-state index in [0.29, 0.717) is 35.8 Å². The van der Waals surface area contributed by atoms with Crippen LogP contribution in [-0.2, 0) is 11.2 Å². The molecule has 1 aliphatic rings. The fourth-order valence-electron chi connectivity index (χ4n) is 3.23. The fraction of sp³-hybridized carbons (Fsp3) is 0.550. The number of hydrogen-bond donors (Lipinski definition) is 1. The minimum atomic E-state index is 0. The predicted molar refractivity (Wildman–Crippen MR) is 126 cm³/mol. The van der Waals surface area contributed by atoms with Crippen LogP contribution in [0.3, 0.4) is 0 Å². The summed E-state index contributed by atoms with van der Waals surface area (Å²) >= 11 is 5.92. The van der Waals surface area contributed by atoms with Gasteiger partial charge in [-0.25, -0.2) is 0 Å². The lowest BCUT2D eigenvalue weighted by atomic mass is 10.1. The molecule has 1 aliphatic heterocycles. The van der Waals surface area contributed by atoms with E-state index in [-0.39, 0.29) is 24.0 Å². The lowest BCUT2D eigenvalue weighted by Gasteiger charge is -2.34. The number of piperidine rings is 1. The summed E-state index contributed by atoms with van der Waals surface area (Å²) in [5, 5.41) is 8.11. The van der Waals surface area contributed by atoms with Crippen molar-refractivity contribution in [3.63, 3.8) is 0 Å². The highest BCUT2D eigenvalue weighted by molar-refractivity contribution is 14.0. The van der Waals surface area contributed by atoms with Crippen LogP contribution in [0.5, 0.6) is 0 Å². The number of rotatable bonds is 7. The van der Waals surface area contributed by atoms with Crippen molar-refractivity contribution >= 4 is 41.5 Å². The summed E-state index contributed by atoms with van der Waals surface area (Å²) < 4.78 is 11.1. The van der Waals surface area contributed by atoms with Crippen molar-refractivity contribution in [2.24, 2.45) is 4.99 Å². The largest absolute Gasteiger partial charge is 0.378 e. The Kier molecular flexibility index (Phi) is 10.2. The van der Waals surface area contributed by atoms with Gasteiger partial charge in [0.15, 0.2) is 5.96 Å². The number of aromatic nitrogens is 2. The van der Waals surface area contributed by atoms with Crippen molar-refractivity contribution in [2.75, 3.05) is 32.8 Å². The van der Waals surface area contributed by atoms with E-state index in [1.807, 2.05) is 31.2 Å². The van der Waals surface area contributed by atoms with E-state index in [0.717, 1.165) is 50.6 Å². The standard InChI is InChI=1S/C20H28ClN5O2.HI/c1-3-22-20(26-13-10-17(11-14-26)27-4-2)23-12-9-18-24-19(25-28-18)15-5-7-16(21)8-6-15;/h5-8,17H,3-4,9-14H2,1-2H3,(H,22,23);1H. The second-order valence-corrected chi connectivity index (χ2v) is 7.08. The molecule has 3 rings (SSSR count). The van der Waals surface area contributed by atoms with Crippen LogP contribution in [0.4, 0.5) is 0 Å². The molecule has 1 N–H and O–H groups in total. The first-order chi connectivity index (χ1) is 13.7. The average Bonchev–Trinajstić information content (AvgIpc) is 3.18. The smallest absolute Gasteiger partial charge is 0.228 e. The first-order valence-corrected chi connectivity index (χ1v) is 10.3. The molecule has 2 aromatic rings. The fourth-order valence-corrected chi connectivity index (χ4v) is 3.35. The molecular weight excluding hydrogens is 505 g/mol. The minimum Gasteiger partial charge on any atom is -0.378 e. The number of ether oxygens (including phenoxy) is 1. The molecule has 0 aliphatic carbocycles. The Balaban J connectivity index is 0.00000300. The van der Waals surface area contributed by atoms with Gasteiger partial charge < -0.3 is 19.5 Å². The predicted octanol–water partition coefficient (Wildman–Crippen LogP) is 4.02. The Labute approximate surface area is 194 Å². The summed E-state index contributed by atoms with van der Waals surface area (Å²) in [4.78, 5) is 11.5. The van der Waals surface area contributed by atoms with Gasteiger partial charge in [0.25, 0.3) is 0 Å². The van der Waals surface area contributed by atoms with Crippen LogP contribution in [0, 0.1) is 0 Å². The number of likely N-dealkylation sites (tertiary alicyclic amines) is 1. The molecule has 9 heteroatoms. The van der Waals surface area contributed by atoms with Gasteiger partial charge in [0, 0.05) is 43.2 Å². The van der Waals surface area contributed by atoms with Crippen molar-refractivity contribution in [1.82, 2.24) is 20.4 Å². The third-order valence-electron chi connectivity index (χ3n) is 4.64. The van der Waals surface area contributed by atoms with E-state index in [4.69, 9.17) is 25.9 Å². The lowest BCUT2D eigenvalue weighted by molar-refractivity contribution is 0.0264. The maximum Gasteiger partial charge on any atom is 0.228 e. The monoisotopic (exact) mass is 533 g/mol. The second kappa shape index (κ2) is 12.3. The van der Waals surface area contributed by atoms with Crippen molar-refractivity contribution in [1.29, 1.82) is 0 Å². The van der Waals surface area contributed by atoms with Gasteiger partial charge in [0.05, 0.1) is 12.6 Å². The Bertz CT molecular complexity index is 760. The molecule has 0 amide bonds. The first-order valence-electron chi connectivity index (χ1n) is 9.93. The van der Waals surface area contributed by atoms with Crippen LogP contribution >= 0.6 is 35.6 Å².